The Morgan fingerprint density at radius 3 is 2.37 bits per heavy atom. The van der Waals surface area contributed by atoms with Crippen LogP contribution < -0.4 is 9.64 Å². The molecule has 2 aliphatic carbocycles. The van der Waals surface area contributed by atoms with Crippen LogP contribution in [0.2, 0.25) is 0 Å². The number of thioether (sulfide) groups is 1. The van der Waals surface area contributed by atoms with Crippen molar-refractivity contribution in [2.75, 3.05) is 17.8 Å². The highest BCUT2D eigenvalue weighted by atomic mass is 32.2. The molecule has 30 heavy (non-hydrogen) atoms. The molecule has 2 saturated carbocycles. The van der Waals surface area contributed by atoms with Gasteiger partial charge in [-0.05, 0) is 88.5 Å². The van der Waals surface area contributed by atoms with Gasteiger partial charge in [0.2, 0.25) is 0 Å². The summed E-state index contributed by atoms with van der Waals surface area (Å²) in [5.74, 6) is 0.948. The van der Waals surface area contributed by atoms with E-state index in [0.29, 0.717) is 18.7 Å². The standard InChI is InChI=1S/C25H31N3OS/c1-6-29-21-14-15(2)13-17(4)22(21)20-12-7-16(3)23-24(25(30-5)26-28(20)23)27(18-8-9-18)19-10-11-19/h7,12-14,18-19H,6,8-11H2,1-5H3. The van der Waals surface area contributed by atoms with Crippen molar-refractivity contribution in [3.8, 4) is 17.0 Å². The molecule has 2 fully saturated rings. The van der Waals surface area contributed by atoms with Gasteiger partial charge in [0.1, 0.15) is 10.8 Å². The van der Waals surface area contributed by atoms with E-state index in [0.717, 1.165) is 22.0 Å². The second kappa shape index (κ2) is 7.52. The highest BCUT2D eigenvalue weighted by Gasteiger charge is 2.42. The predicted molar refractivity (Wildman–Crippen MR) is 126 cm³/mol. The number of anilines is 1. The fraction of sp³-hybridized carbons (Fsp3) is 0.480. The molecule has 0 unspecified atom stereocenters. The van der Waals surface area contributed by atoms with Gasteiger partial charge in [-0.15, -0.1) is 11.8 Å². The van der Waals surface area contributed by atoms with Gasteiger partial charge >= 0.3 is 0 Å². The Balaban J connectivity index is 1.78. The first-order valence-electron chi connectivity index (χ1n) is 11.1. The number of aromatic nitrogens is 2. The molecule has 5 rings (SSSR count). The lowest BCUT2D eigenvalue weighted by Gasteiger charge is -2.25. The number of aryl methyl sites for hydroxylation is 3. The largest absolute Gasteiger partial charge is 0.493 e. The van der Waals surface area contributed by atoms with Crippen molar-refractivity contribution in [3.63, 3.8) is 0 Å². The maximum absolute atomic E-state index is 6.08. The van der Waals surface area contributed by atoms with Gasteiger partial charge in [-0.3, -0.25) is 0 Å². The number of benzene rings is 1. The molecule has 2 aromatic heterocycles. The van der Waals surface area contributed by atoms with E-state index in [1.165, 1.54) is 53.6 Å². The molecular formula is C25H31N3OS. The van der Waals surface area contributed by atoms with Gasteiger partial charge in [0.15, 0.2) is 0 Å². The fourth-order valence-electron chi connectivity index (χ4n) is 4.73. The first-order chi connectivity index (χ1) is 14.5. The predicted octanol–water partition coefficient (Wildman–Crippen LogP) is 6.18. The molecule has 158 valence electrons. The molecule has 5 heteroatoms. The Labute approximate surface area is 183 Å². The van der Waals surface area contributed by atoms with Crippen molar-refractivity contribution in [1.29, 1.82) is 0 Å². The normalized spacial score (nSPS) is 16.3. The molecule has 0 amide bonds. The van der Waals surface area contributed by atoms with Gasteiger partial charge < -0.3 is 9.64 Å². The second-order valence-corrected chi connectivity index (χ2v) is 9.57. The fourth-order valence-corrected chi connectivity index (χ4v) is 5.28. The SMILES string of the molecule is CCOc1cc(C)cc(C)c1-c1ccc(C)c2c(N(C3CC3)C3CC3)c(SC)nn12. The van der Waals surface area contributed by atoms with Crippen LogP contribution in [0.15, 0.2) is 29.3 Å². The average Bonchev–Trinajstić information content (AvgIpc) is 3.62. The van der Waals surface area contributed by atoms with Crippen LogP contribution in [0, 0.1) is 20.8 Å². The van der Waals surface area contributed by atoms with Gasteiger partial charge in [-0.1, -0.05) is 12.1 Å². The van der Waals surface area contributed by atoms with E-state index in [4.69, 9.17) is 9.84 Å². The zero-order chi connectivity index (χ0) is 21.0. The van der Waals surface area contributed by atoms with Crippen molar-refractivity contribution in [2.45, 2.75) is 70.5 Å². The highest BCUT2D eigenvalue weighted by molar-refractivity contribution is 7.98. The van der Waals surface area contributed by atoms with Crippen molar-refractivity contribution in [3.05, 3.63) is 41.0 Å². The number of hydrogen-bond donors (Lipinski definition) is 0. The summed E-state index contributed by atoms with van der Waals surface area (Å²) in [6, 6.07) is 10.2. The second-order valence-electron chi connectivity index (χ2n) is 8.78. The molecule has 1 aromatic carbocycles. The Kier molecular flexibility index (Phi) is 4.97. The van der Waals surface area contributed by atoms with Crippen LogP contribution in [0.3, 0.4) is 0 Å². The Morgan fingerprint density at radius 2 is 1.77 bits per heavy atom. The maximum atomic E-state index is 6.08. The van der Waals surface area contributed by atoms with Crippen LogP contribution in [0.25, 0.3) is 16.8 Å². The monoisotopic (exact) mass is 421 g/mol. The topological polar surface area (TPSA) is 29.8 Å². The molecule has 0 saturated heterocycles. The zero-order valence-corrected chi connectivity index (χ0v) is 19.5. The quantitative estimate of drug-likeness (QED) is 0.426. The maximum Gasteiger partial charge on any atom is 0.142 e. The van der Waals surface area contributed by atoms with Crippen molar-refractivity contribution in [1.82, 2.24) is 9.61 Å². The third kappa shape index (κ3) is 3.27. The number of hydrogen-bond acceptors (Lipinski definition) is 4. The van der Waals surface area contributed by atoms with E-state index in [9.17, 15) is 0 Å². The minimum absolute atomic E-state index is 0.655. The Hall–Kier alpha value is -2.14. The highest BCUT2D eigenvalue weighted by Crippen LogP contribution is 2.47. The van der Waals surface area contributed by atoms with Crippen LogP contribution in [0.1, 0.15) is 49.3 Å². The average molecular weight is 422 g/mol. The van der Waals surface area contributed by atoms with Crippen LogP contribution in [0.4, 0.5) is 5.69 Å². The third-order valence-corrected chi connectivity index (χ3v) is 6.92. The first kappa shape index (κ1) is 19.8. The molecule has 0 spiro atoms. The lowest BCUT2D eigenvalue weighted by Crippen LogP contribution is -2.28. The molecule has 0 atom stereocenters. The van der Waals surface area contributed by atoms with Crippen molar-refractivity contribution < 1.29 is 4.74 Å². The minimum Gasteiger partial charge on any atom is -0.493 e. The minimum atomic E-state index is 0.655. The van der Waals surface area contributed by atoms with E-state index in [-0.39, 0.29) is 0 Å². The van der Waals surface area contributed by atoms with Crippen LogP contribution >= 0.6 is 11.8 Å². The lowest BCUT2D eigenvalue weighted by molar-refractivity contribution is 0.341. The molecule has 0 bridgehead atoms. The molecule has 0 N–H and O–H groups in total. The molecule has 3 aromatic rings. The van der Waals surface area contributed by atoms with Gasteiger partial charge in [-0.25, -0.2) is 4.52 Å². The summed E-state index contributed by atoms with van der Waals surface area (Å²) in [7, 11) is 0. The number of fused-ring (bicyclic) bond motifs is 1. The molecular weight excluding hydrogens is 390 g/mol. The van der Waals surface area contributed by atoms with Crippen LogP contribution in [0.5, 0.6) is 5.75 Å². The van der Waals surface area contributed by atoms with E-state index in [2.05, 4.69) is 60.7 Å². The van der Waals surface area contributed by atoms with E-state index in [1.54, 1.807) is 11.8 Å². The molecule has 0 radical (unpaired) electrons. The van der Waals surface area contributed by atoms with Gasteiger partial charge in [-0.2, -0.15) is 5.10 Å². The zero-order valence-electron chi connectivity index (χ0n) is 18.7. The lowest BCUT2D eigenvalue weighted by atomic mass is 10.00. The van der Waals surface area contributed by atoms with E-state index < -0.39 is 0 Å². The summed E-state index contributed by atoms with van der Waals surface area (Å²) in [5.41, 5.74) is 8.63. The molecule has 2 aliphatic rings. The molecule has 4 nitrogen and oxygen atoms in total. The summed E-state index contributed by atoms with van der Waals surface area (Å²) < 4.78 is 8.27. The van der Waals surface area contributed by atoms with Gasteiger partial charge in [0.05, 0.1) is 23.5 Å². The number of nitrogens with zero attached hydrogens (tertiary/aromatic N) is 3. The molecule has 0 aliphatic heterocycles. The summed E-state index contributed by atoms with van der Waals surface area (Å²) in [4.78, 5) is 2.70. The Bertz CT molecular complexity index is 1100. The summed E-state index contributed by atoms with van der Waals surface area (Å²) >= 11 is 1.77. The summed E-state index contributed by atoms with van der Waals surface area (Å²) in [5, 5.41) is 6.30. The Morgan fingerprint density at radius 1 is 1.07 bits per heavy atom. The summed E-state index contributed by atoms with van der Waals surface area (Å²) in [6.07, 6.45) is 7.40. The van der Waals surface area contributed by atoms with Gasteiger partial charge in [0.25, 0.3) is 0 Å². The van der Waals surface area contributed by atoms with Crippen LogP contribution in [-0.4, -0.2) is 34.6 Å². The van der Waals surface area contributed by atoms with E-state index >= 15 is 0 Å². The number of pyridine rings is 1. The van der Waals surface area contributed by atoms with Crippen molar-refractivity contribution >= 4 is 23.0 Å². The molecule has 2 heterocycles. The smallest absolute Gasteiger partial charge is 0.142 e. The van der Waals surface area contributed by atoms with Crippen LogP contribution in [-0.2, 0) is 0 Å². The third-order valence-electron chi connectivity index (χ3n) is 6.25. The van der Waals surface area contributed by atoms with Crippen molar-refractivity contribution in [2.24, 2.45) is 0 Å². The summed E-state index contributed by atoms with van der Waals surface area (Å²) in [6.45, 7) is 9.23. The first-order valence-corrected chi connectivity index (χ1v) is 12.3. The number of ether oxygens (including phenoxy) is 1. The number of rotatable bonds is 7. The van der Waals surface area contributed by atoms with E-state index in [1.807, 2.05) is 6.92 Å². The van der Waals surface area contributed by atoms with Gasteiger partial charge in [0, 0.05) is 17.6 Å².